The highest BCUT2D eigenvalue weighted by molar-refractivity contribution is 5.73. The maximum Gasteiger partial charge on any atom is 0.332 e. The van der Waals surface area contributed by atoms with Gasteiger partial charge < -0.3 is 10.3 Å². The average molecular weight is 333 g/mol. The van der Waals surface area contributed by atoms with Crippen molar-refractivity contribution in [2.45, 2.75) is 39.7 Å². The Kier molecular flexibility index (Phi) is 5.06. The zero-order chi connectivity index (χ0) is 18.0. The van der Waals surface area contributed by atoms with Crippen LogP contribution in [0.25, 0.3) is 11.2 Å². The predicted molar refractivity (Wildman–Crippen MR) is 91.8 cm³/mol. The summed E-state index contributed by atoms with van der Waals surface area (Å²) in [7, 11) is 3.05. The summed E-state index contributed by atoms with van der Waals surface area (Å²) in [4.78, 5) is 40.1. The number of hydrogen-bond acceptors (Lipinski definition) is 4. The number of allylic oxidation sites excluding steroid dienone is 2. The second kappa shape index (κ2) is 6.86. The molecule has 2 N–H and O–H groups in total. The summed E-state index contributed by atoms with van der Waals surface area (Å²) in [5.41, 5.74) is 6.26. The molecule has 8 nitrogen and oxygen atoms in total. The molecule has 0 aliphatic rings. The molecule has 2 aromatic rings. The number of amides is 1. The average Bonchev–Trinajstić information content (AvgIpc) is 2.87. The summed E-state index contributed by atoms with van der Waals surface area (Å²) in [6.07, 6.45) is 3.29. The molecule has 0 fully saturated rings. The molecule has 0 aromatic carbocycles. The number of nitrogens with zero attached hydrogens (tertiary/aromatic N) is 4. The van der Waals surface area contributed by atoms with Crippen LogP contribution in [0.1, 0.15) is 32.5 Å². The van der Waals surface area contributed by atoms with Crippen molar-refractivity contribution in [2.75, 3.05) is 0 Å². The Morgan fingerprint density at radius 2 is 1.88 bits per heavy atom. The molecule has 0 atom stereocenters. The molecule has 1 amide bonds. The van der Waals surface area contributed by atoms with Crippen molar-refractivity contribution in [3.63, 3.8) is 0 Å². The predicted octanol–water partition coefficient (Wildman–Crippen LogP) is 0.208. The number of carbonyl (C=O) groups is 1. The summed E-state index contributed by atoms with van der Waals surface area (Å²) < 4.78 is 4.26. The first kappa shape index (κ1) is 17.7. The van der Waals surface area contributed by atoms with Crippen molar-refractivity contribution >= 4 is 17.1 Å². The van der Waals surface area contributed by atoms with Gasteiger partial charge in [0.1, 0.15) is 5.82 Å². The molecule has 0 bridgehead atoms. The summed E-state index contributed by atoms with van der Waals surface area (Å²) in [5.74, 6) is 0.298. The highest BCUT2D eigenvalue weighted by Gasteiger charge is 2.18. The topological polar surface area (TPSA) is 105 Å². The molecule has 0 radical (unpaired) electrons. The number of rotatable bonds is 6. The van der Waals surface area contributed by atoms with Crippen LogP contribution in [-0.4, -0.2) is 24.6 Å². The third-order valence-electron chi connectivity index (χ3n) is 3.93. The van der Waals surface area contributed by atoms with Crippen molar-refractivity contribution < 1.29 is 4.79 Å². The van der Waals surface area contributed by atoms with E-state index in [1.165, 1.54) is 11.6 Å². The quantitative estimate of drug-likeness (QED) is 0.763. The van der Waals surface area contributed by atoms with Gasteiger partial charge in [-0.15, -0.1) is 0 Å². The fourth-order valence-electron chi connectivity index (χ4n) is 2.57. The highest BCUT2D eigenvalue weighted by atomic mass is 16.2. The lowest BCUT2D eigenvalue weighted by Crippen LogP contribution is -2.37. The Morgan fingerprint density at radius 1 is 1.21 bits per heavy atom. The second-order valence-corrected chi connectivity index (χ2v) is 6.12. The lowest BCUT2D eigenvalue weighted by atomic mass is 10.2. The summed E-state index contributed by atoms with van der Waals surface area (Å²) >= 11 is 0. The van der Waals surface area contributed by atoms with E-state index >= 15 is 0 Å². The van der Waals surface area contributed by atoms with Gasteiger partial charge in [-0.2, -0.15) is 0 Å². The lowest BCUT2D eigenvalue weighted by Gasteiger charge is -2.07. The number of hydrogen-bond donors (Lipinski definition) is 1. The van der Waals surface area contributed by atoms with Gasteiger partial charge in [0.05, 0.1) is 0 Å². The van der Waals surface area contributed by atoms with Crippen molar-refractivity contribution in [3.05, 3.63) is 38.3 Å². The number of nitrogens with two attached hydrogens (primary N) is 1. The van der Waals surface area contributed by atoms with Crippen LogP contribution in [0.5, 0.6) is 0 Å². The van der Waals surface area contributed by atoms with Crippen LogP contribution in [0.15, 0.2) is 21.2 Å². The molecule has 2 rings (SSSR count). The van der Waals surface area contributed by atoms with Crippen LogP contribution < -0.4 is 17.0 Å². The summed E-state index contributed by atoms with van der Waals surface area (Å²) in [5, 5.41) is 0. The number of carbonyl (C=O) groups excluding carboxylic acids is 1. The molecule has 0 aliphatic carbocycles. The number of aryl methyl sites for hydroxylation is 2. The molecule has 24 heavy (non-hydrogen) atoms. The first-order chi connectivity index (χ1) is 11.2. The molecule has 8 heteroatoms. The van der Waals surface area contributed by atoms with Gasteiger partial charge in [0, 0.05) is 33.5 Å². The molecule has 130 valence electrons. The highest BCUT2D eigenvalue weighted by Crippen LogP contribution is 2.14. The maximum atomic E-state index is 12.6. The van der Waals surface area contributed by atoms with Crippen molar-refractivity contribution in [1.82, 2.24) is 18.7 Å². The molecule has 2 aromatic heterocycles. The number of fused-ring (bicyclic) bond motifs is 1. The van der Waals surface area contributed by atoms with Gasteiger partial charge >= 0.3 is 5.69 Å². The molecule has 0 saturated heterocycles. The van der Waals surface area contributed by atoms with Crippen LogP contribution in [0, 0.1) is 0 Å². The molecule has 0 spiro atoms. The Labute approximate surface area is 139 Å². The van der Waals surface area contributed by atoms with Gasteiger partial charge in [0.2, 0.25) is 5.91 Å². The Balaban J connectivity index is 2.65. The smallest absolute Gasteiger partial charge is 0.332 e. The summed E-state index contributed by atoms with van der Waals surface area (Å²) in [6, 6.07) is 0. The largest absolute Gasteiger partial charge is 0.370 e. The van der Waals surface area contributed by atoms with Crippen molar-refractivity contribution in [3.8, 4) is 0 Å². The molecule has 0 saturated carbocycles. The van der Waals surface area contributed by atoms with E-state index in [1.807, 2.05) is 24.5 Å². The fraction of sp³-hybridized carbons (Fsp3) is 0.500. The zero-order valence-electron chi connectivity index (χ0n) is 14.5. The van der Waals surface area contributed by atoms with Crippen LogP contribution in [-0.2, 0) is 31.9 Å². The van der Waals surface area contributed by atoms with E-state index in [0.29, 0.717) is 36.4 Å². The van der Waals surface area contributed by atoms with E-state index in [1.54, 1.807) is 7.05 Å². The van der Waals surface area contributed by atoms with E-state index in [2.05, 4.69) is 4.98 Å². The van der Waals surface area contributed by atoms with Gasteiger partial charge in [0.25, 0.3) is 5.56 Å². The van der Waals surface area contributed by atoms with E-state index in [9.17, 15) is 14.4 Å². The maximum absolute atomic E-state index is 12.6. The van der Waals surface area contributed by atoms with Crippen molar-refractivity contribution in [1.29, 1.82) is 0 Å². The third kappa shape index (κ3) is 3.32. The summed E-state index contributed by atoms with van der Waals surface area (Å²) in [6.45, 7) is 4.43. The lowest BCUT2D eigenvalue weighted by molar-refractivity contribution is -0.118. The molecule has 0 unspecified atom stereocenters. The minimum atomic E-state index is -0.414. The van der Waals surface area contributed by atoms with Crippen LogP contribution in [0.4, 0.5) is 0 Å². The first-order valence-electron chi connectivity index (χ1n) is 7.80. The van der Waals surface area contributed by atoms with E-state index < -0.39 is 5.69 Å². The third-order valence-corrected chi connectivity index (χ3v) is 3.93. The number of aromatic nitrogens is 4. The number of imidazole rings is 1. The standard InChI is InChI=1S/C16H23N5O3/c1-10(2)8-9-21-12(7-5-6-11(17)22)18-14-13(21)15(23)20(4)16(24)19(14)3/h8H,5-7,9H2,1-4H3,(H2,17,22). The first-order valence-corrected chi connectivity index (χ1v) is 7.80. The van der Waals surface area contributed by atoms with Crippen molar-refractivity contribution in [2.24, 2.45) is 19.8 Å². The Morgan fingerprint density at radius 3 is 2.46 bits per heavy atom. The normalized spacial score (nSPS) is 11.0. The molecule has 0 aliphatic heterocycles. The molecular formula is C16H23N5O3. The molecule has 2 heterocycles. The van der Waals surface area contributed by atoms with Gasteiger partial charge in [-0.25, -0.2) is 9.78 Å². The number of primary amides is 1. The van der Waals surface area contributed by atoms with E-state index in [-0.39, 0.29) is 17.9 Å². The van der Waals surface area contributed by atoms with Crippen LogP contribution in [0.3, 0.4) is 0 Å². The van der Waals surface area contributed by atoms with E-state index in [0.717, 1.165) is 10.1 Å². The van der Waals surface area contributed by atoms with Gasteiger partial charge in [-0.1, -0.05) is 11.6 Å². The second-order valence-electron chi connectivity index (χ2n) is 6.12. The van der Waals surface area contributed by atoms with Gasteiger partial charge in [-0.3, -0.25) is 18.7 Å². The fourth-order valence-corrected chi connectivity index (χ4v) is 2.57. The van der Waals surface area contributed by atoms with Gasteiger partial charge in [0.15, 0.2) is 11.2 Å². The minimum absolute atomic E-state index is 0.253. The Bertz CT molecular complexity index is 926. The SMILES string of the molecule is CC(C)=CCn1c(CCCC(N)=O)nc2c1c(=O)n(C)c(=O)n2C. The van der Waals surface area contributed by atoms with Crippen LogP contribution in [0.2, 0.25) is 0 Å². The van der Waals surface area contributed by atoms with Gasteiger partial charge in [-0.05, 0) is 20.3 Å². The molecular weight excluding hydrogens is 310 g/mol. The Hall–Kier alpha value is -2.64. The minimum Gasteiger partial charge on any atom is -0.370 e. The van der Waals surface area contributed by atoms with E-state index in [4.69, 9.17) is 5.73 Å². The zero-order valence-corrected chi connectivity index (χ0v) is 14.5. The monoisotopic (exact) mass is 333 g/mol. The van der Waals surface area contributed by atoms with Crippen LogP contribution >= 0.6 is 0 Å².